The first-order valence-corrected chi connectivity index (χ1v) is 5.79. The van der Waals surface area contributed by atoms with Crippen LogP contribution in [0.4, 0.5) is 8.78 Å². The summed E-state index contributed by atoms with van der Waals surface area (Å²) in [5, 5.41) is 8.61. The number of rotatable bonds is 4. The molecule has 3 nitrogen and oxygen atoms in total. The SMILES string of the molecule is COc1ccc(COc2ccc(C#N)c(F)c2)cc1F. The van der Waals surface area contributed by atoms with E-state index in [1.54, 1.807) is 12.1 Å². The average Bonchev–Trinajstić information content (AvgIpc) is 2.45. The summed E-state index contributed by atoms with van der Waals surface area (Å²) in [6, 6.07) is 10.1. The van der Waals surface area contributed by atoms with Crippen LogP contribution in [0, 0.1) is 23.0 Å². The molecule has 0 aliphatic heterocycles. The van der Waals surface area contributed by atoms with Gasteiger partial charge in [-0.3, -0.25) is 0 Å². The van der Waals surface area contributed by atoms with Crippen LogP contribution in [0.5, 0.6) is 11.5 Å². The maximum Gasteiger partial charge on any atom is 0.165 e. The Morgan fingerprint density at radius 3 is 2.50 bits per heavy atom. The molecule has 0 bridgehead atoms. The second kappa shape index (κ2) is 6.02. The monoisotopic (exact) mass is 275 g/mol. The van der Waals surface area contributed by atoms with Gasteiger partial charge in [0.2, 0.25) is 0 Å². The van der Waals surface area contributed by atoms with E-state index in [1.165, 1.54) is 31.4 Å². The Balaban J connectivity index is 2.07. The molecule has 0 radical (unpaired) electrons. The highest BCUT2D eigenvalue weighted by Crippen LogP contribution is 2.20. The molecule has 0 saturated carbocycles. The lowest BCUT2D eigenvalue weighted by atomic mass is 10.2. The average molecular weight is 275 g/mol. The number of hydrogen-bond acceptors (Lipinski definition) is 3. The number of ether oxygens (including phenoxy) is 2. The molecule has 0 aromatic heterocycles. The van der Waals surface area contributed by atoms with Gasteiger partial charge in [0.05, 0.1) is 12.7 Å². The van der Waals surface area contributed by atoms with Crippen molar-refractivity contribution in [2.45, 2.75) is 6.61 Å². The first-order chi connectivity index (χ1) is 9.63. The number of hydrogen-bond donors (Lipinski definition) is 0. The normalized spacial score (nSPS) is 9.90. The van der Waals surface area contributed by atoms with Crippen molar-refractivity contribution < 1.29 is 18.3 Å². The van der Waals surface area contributed by atoms with Crippen molar-refractivity contribution in [3.8, 4) is 17.6 Å². The summed E-state index contributed by atoms with van der Waals surface area (Å²) in [6.45, 7) is 0.0895. The van der Waals surface area contributed by atoms with Crippen LogP contribution in [0.15, 0.2) is 36.4 Å². The van der Waals surface area contributed by atoms with Gasteiger partial charge in [0.25, 0.3) is 0 Å². The number of benzene rings is 2. The van der Waals surface area contributed by atoms with E-state index in [2.05, 4.69) is 0 Å². The van der Waals surface area contributed by atoms with Crippen LogP contribution in [-0.2, 0) is 6.61 Å². The third-order valence-corrected chi connectivity index (χ3v) is 2.68. The quantitative estimate of drug-likeness (QED) is 0.858. The van der Waals surface area contributed by atoms with Gasteiger partial charge in [-0.2, -0.15) is 5.26 Å². The van der Waals surface area contributed by atoms with Crippen LogP contribution in [0.1, 0.15) is 11.1 Å². The van der Waals surface area contributed by atoms with E-state index in [0.717, 1.165) is 6.07 Å². The fourth-order valence-electron chi connectivity index (χ4n) is 1.64. The highest BCUT2D eigenvalue weighted by atomic mass is 19.1. The zero-order valence-electron chi connectivity index (χ0n) is 10.7. The van der Waals surface area contributed by atoms with Crippen LogP contribution < -0.4 is 9.47 Å². The summed E-state index contributed by atoms with van der Waals surface area (Å²) >= 11 is 0. The van der Waals surface area contributed by atoms with E-state index in [4.69, 9.17) is 14.7 Å². The van der Waals surface area contributed by atoms with Gasteiger partial charge in [-0.05, 0) is 29.8 Å². The van der Waals surface area contributed by atoms with E-state index in [-0.39, 0.29) is 23.7 Å². The second-order valence-corrected chi connectivity index (χ2v) is 4.01. The Kier molecular flexibility index (Phi) is 4.16. The maximum absolute atomic E-state index is 13.5. The van der Waals surface area contributed by atoms with Gasteiger partial charge in [-0.1, -0.05) is 6.07 Å². The fraction of sp³-hybridized carbons (Fsp3) is 0.133. The van der Waals surface area contributed by atoms with E-state index >= 15 is 0 Å². The highest BCUT2D eigenvalue weighted by molar-refractivity contribution is 5.36. The van der Waals surface area contributed by atoms with Gasteiger partial charge < -0.3 is 9.47 Å². The zero-order chi connectivity index (χ0) is 14.5. The van der Waals surface area contributed by atoms with Gasteiger partial charge in [0, 0.05) is 6.07 Å². The minimum Gasteiger partial charge on any atom is -0.494 e. The summed E-state index contributed by atoms with van der Waals surface area (Å²) < 4.78 is 37.0. The van der Waals surface area contributed by atoms with Crippen LogP contribution in [0.25, 0.3) is 0 Å². The van der Waals surface area contributed by atoms with Crippen LogP contribution in [0.3, 0.4) is 0 Å². The molecular weight excluding hydrogens is 264 g/mol. The van der Waals surface area contributed by atoms with Crippen LogP contribution in [-0.4, -0.2) is 7.11 Å². The molecular formula is C15H11F2NO2. The molecule has 0 saturated heterocycles. The van der Waals surface area contributed by atoms with Gasteiger partial charge in [0.15, 0.2) is 11.6 Å². The first-order valence-electron chi connectivity index (χ1n) is 5.79. The number of halogens is 2. The molecule has 0 amide bonds. The summed E-state index contributed by atoms with van der Waals surface area (Å²) in [4.78, 5) is 0. The minimum absolute atomic E-state index is 0.0483. The molecule has 0 aliphatic rings. The van der Waals surface area contributed by atoms with Crippen molar-refractivity contribution in [1.82, 2.24) is 0 Å². The third kappa shape index (κ3) is 3.04. The van der Waals surface area contributed by atoms with Gasteiger partial charge >= 0.3 is 0 Å². The third-order valence-electron chi connectivity index (χ3n) is 2.68. The lowest BCUT2D eigenvalue weighted by Gasteiger charge is -2.08. The van der Waals surface area contributed by atoms with Crippen LogP contribution >= 0.6 is 0 Å². The molecule has 0 heterocycles. The summed E-state index contributed by atoms with van der Waals surface area (Å²) in [5.41, 5.74) is 0.543. The largest absolute Gasteiger partial charge is 0.494 e. The summed E-state index contributed by atoms with van der Waals surface area (Å²) in [7, 11) is 1.38. The standard InChI is InChI=1S/C15H11F2NO2/c1-19-15-5-2-10(6-14(15)17)9-20-12-4-3-11(8-18)13(16)7-12/h2-7H,9H2,1H3. The molecule has 0 unspecified atom stereocenters. The van der Waals surface area contributed by atoms with Crippen molar-refractivity contribution in [3.63, 3.8) is 0 Å². The molecule has 102 valence electrons. The smallest absolute Gasteiger partial charge is 0.165 e. The van der Waals surface area contributed by atoms with Gasteiger partial charge in [-0.15, -0.1) is 0 Å². The number of nitrogens with zero attached hydrogens (tertiary/aromatic N) is 1. The second-order valence-electron chi connectivity index (χ2n) is 4.01. The van der Waals surface area contributed by atoms with Crippen molar-refractivity contribution in [2.75, 3.05) is 7.11 Å². The minimum atomic E-state index is -0.647. The Morgan fingerprint density at radius 1 is 1.10 bits per heavy atom. The predicted molar refractivity (Wildman–Crippen MR) is 68.4 cm³/mol. The Bertz CT molecular complexity index is 665. The fourth-order valence-corrected chi connectivity index (χ4v) is 1.64. The highest BCUT2D eigenvalue weighted by Gasteiger charge is 2.06. The van der Waals surface area contributed by atoms with Crippen molar-refractivity contribution in [2.24, 2.45) is 0 Å². The van der Waals surface area contributed by atoms with Crippen molar-refractivity contribution in [3.05, 3.63) is 59.2 Å². The topological polar surface area (TPSA) is 42.2 Å². The lowest BCUT2D eigenvalue weighted by Crippen LogP contribution is -1.98. The molecule has 2 aromatic carbocycles. The number of nitriles is 1. The van der Waals surface area contributed by atoms with Crippen molar-refractivity contribution in [1.29, 1.82) is 5.26 Å². The Labute approximate surface area is 115 Å². The molecule has 0 spiro atoms. The molecule has 20 heavy (non-hydrogen) atoms. The summed E-state index contributed by atoms with van der Waals surface area (Å²) in [5.74, 6) is -0.707. The predicted octanol–water partition coefficient (Wildman–Crippen LogP) is 3.42. The van der Waals surface area contributed by atoms with Gasteiger partial charge in [-0.25, -0.2) is 8.78 Å². The van der Waals surface area contributed by atoms with E-state index in [0.29, 0.717) is 5.56 Å². The lowest BCUT2D eigenvalue weighted by molar-refractivity contribution is 0.303. The number of methoxy groups -OCH3 is 1. The maximum atomic E-state index is 13.5. The molecule has 0 N–H and O–H groups in total. The van der Waals surface area contributed by atoms with E-state index in [1.807, 2.05) is 0 Å². The molecule has 0 fully saturated rings. The molecule has 5 heteroatoms. The zero-order valence-corrected chi connectivity index (χ0v) is 10.7. The molecule has 2 rings (SSSR count). The Morgan fingerprint density at radius 2 is 1.90 bits per heavy atom. The van der Waals surface area contributed by atoms with Crippen molar-refractivity contribution >= 4 is 0 Å². The summed E-state index contributed by atoms with van der Waals surface area (Å²) in [6.07, 6.45) is 0. The van der Waals surface area contributed by atoms with E-state index < -0.39 is 11.6 Å². The Hall–Kier alpha value is -2.61. The molecule has 0 atom stereocenters. The molecule has 2 aromatic rings. The van der Waals surface area contributed by atoms with E-state index in [9.17, 15) is 8.78 Å². The van der Waals surface area contributed by atoms with Crippen LogP contribution in [0.2, 0.25) is 0 Å². The molecule has 0 aliphatic carbocycles. The van der Waals surface area contributed by atoms with Gasteiger partial charge in [0.1, 0.15) is 24.2 Å². The first kappa shape index (κ1) is 13.8.